The lowest BCUT2D eigenvalue weighted by atomic mass is 9.94. The van der Waals surface area contributed by atoms with Crippen LogP contribution in [0.4, 0.5) is 10.5 Å². The largest absolute Gasteiger partial charge is 0.389 e. The first-order chi connectivity index (χ1) is 15.5. The summed E-state index contributed by atoms with van der Waals surface area (Å²) in [6.07, 6.45) is 3.73. The van der Waals surface area contributed by atoms with Crippen molar-refractivity contribution in [2.24, 2.45) is 0 Å². The molecule has 3 amide bonds. The third kappa shape index (κ3) is 5.92. The first-order valence-electron chi connectivity index (χ1n) is 11.5. The molecule has 4 atom stereocenters. The number of aliphatic hydroxyl groups excluding tert-OH is 1. The summed E-state index contributed by atoms with van der Waals surface area (Å²) < 4.78 is 11.9. The van der Waals surface area contributed by atoms with Crippen molar-refractivity contribution in [1.29, 1.82) is 0 Å². The van der Waals surface area contributed by atoms with Gasteiger partial charge in [-0.2, -0.15) is 0 Å². The molecule has 0 bridgehead atoms. The molecule has 3 aliphatic rings. The minimum absolute atomic E-state index is 0.130. The van der Waals surface area contributed by atoms with Gasteiger partial charge in [-0.25, -0.2) is 4.79 Å². The Bertz CT molecular complexity index is 804. The molecule has 0 radical (unpaired) electrons. The number of likely N-dealkylation sites (tertiary alicyclic amines) is 1. The number of carbonyl (C=O) groups is 2. The predicted octanol–water partition coefficient (Wildman–Crippen LogP) is 2.88. The van der Waals surface area contributed by atoms with E-state index in [-0.39, 0.29) is 49.9 Å². The summed E-state index contributed by atoms with van der Waals surface area (Å²) in [6, 6.07) is 6.40. The number of nitrogens with zero attached hydrogens (tertiary/aromatic N) is 2. The van der Waals surface area contributed by atoms with Crippen LogP contribution < -0.4 is 5.32 Å². The van der Waals surface area contributed by atoms with Gasteiger partial charge in [0, 0.05) is 23.8 Å². The van der Waals surface area contributed by atoms with Crippen LogP contribution in [0.3, 0.4) is 0 Å². The molecule has 9 heteroatoms. The number of anilines is 1. The number of aliphatic hydroxyl groups is 1. The molecule has 0 unspecified atom stereocenters. The number of nitrogens with one attached hydrogen (secondary N) is 1. The Morgan fingerprint density at radius 2 is 1.97 bits per heavy atom. The molecular weight excluding hydrogens is 434 g/mol. The summed E-state index contributed by atoms with van der Waals surface area (Å²) in [5.74, 6) is 0.144. The van der Waals surface area contributed by atoms with Gasteiger partial charge in [0.05, 0.1) is 44.4 Å². The summed E-state index contributed by atoms with van der Waals surface area (Å²) in [4.78, 5) is 29.4. The Balaban J connectivity index is 1.41. The van der Waals surface area contributed by atoms with E-state index in [1.807, 2.05) is 4.90 Å². The van der Waals surface area contributed by atoms with Gasteiger partial charge in [-0.05, 0) is 50.3 Å². The van der Waals surface area contributed by atoms with E-state index in [1.54, 1.807) is 29.2 Å². The quantitative estimate of drug-likeness (QED) is 0.716. The number of halogens is 1. The second-order valence-corrected chi connectivity index (χ2v) is 9.31. The molecule has 4 rings (SSSR count). The number of hydrogen-bond donors (Lipinski definition) is 2. The zero-order chi connectivity index (χ0) is 22.5. The van der Waals surface area contributed by atoms with Crippen LogP contribution in [0.2, 0.25) is 5.02 Å². The molecule has 3 aliphatic heterocycles. The molecule has 3 heterocycles. The van der Waals surface area contributed by atoms with E-state index in [1.165, 1.54) is 6.42 Å². The number of rotatable bonds is 3. The lowest BCUT2D eigenvalue weighted by molar-refractivity contribution is -0.154. The summed E-state index contributed by atoms with van der Waals surface area (Å²) in [7, 11) is 0. The van der Waals surface area contributed by atoms with Crippen molar-refractivity contribution in [2.45, 2.75) is 62.9 Å². The summed E-state index contributed by atoms with van der Waals surface area (Å²) >= 11 is 6.04. The van der Waals surface area contributed by atoms with Crippen molar-refractivity contribution >= 4 is 29.2 Å². The smallest absolute Gasteiger partial charge is 0.322 e. The van der Waals surface area contributed by atoms with Gasteiger partial charge in [0.2, 0.25) is 5.91 Å². The van der Waals surface area contributed by atoms with Crippen LogP contribution in [0.5, 0.6) is 0 Å². The summed E-state index contributed by atoms with van der Waals surface area (Å²) in [5.41, 5.74) is 0.591. The van der Waals surface area contributed by atoms with Gasteiger partial charge in [-0.3, -0.25) is 4.79 Å². The maximum atomic E-state index is 13.1. The average molecular weight is 466 g/mol. The molecule has 2 N–H and O–H groups in total. The molecule has 8 nitrogen and oxygen atoms in total. The molecule has 32 heavy (non-hydrogen) atoms. The van der Waals surface area contributed by atoms with E-state index in [9.17, 15) is 14.7 Å². The number of β-amino-alcohol motifs (C(OH)–C–C–N with tert-alkyl or cyclic N) is 1. The maximum absolute atomic E-state index is 13.1. The van der Waals surface area contributed by atoms with Crippen LogP contribution in [-0.4, -0.2) is 84.0 Å². The second-order valence-electron chi connectivity index (χ2n) is 8.87. The molecule has 176 valence electrons. The molecule has 3 fully saturated rings. The van der Waals surface area contributed by atoms with Crippen LogP contribution in [0, 0.1) is 0 Å². The topological polar surface area (TPSA) is 91.3 Å². The van der Waals surface area contributed by atoms with Crippen molar-refractivity contribution in [3.05, 3.63) is 29.3 Å². The maximum Gasteiger partial charge on any atom is 0.322 e. The van der Waals surface area contributed by atoms with Gasteiger partial charge in [0.25, 0.3) is 0 Å². The number of fused-ring (bicyclic) bond motifs is 1. The molecule has 0 saturated carbocycles. The standard InChI is InChI=1S/C23H32ClN3O5/c24-16-5-4-6-17(11-16)25-23(30)27-13-18(28)14-31-15-21-20(27)8-7-19(32-21)12-22(29)26-9-2-1-3-10-26/h4-6,11,18-21,28H,1-3,7-10,12-15H2,(H,25,30)/t18-,19+,20+,21-/m0/s1. The highest BCUT2D eigenvalue weighted by molar-refractivity contribution is 6.30. The fourth-order valence-electron chi connectivity index (χ4n) is 4.80. The Kier molecular flexibility index (Phi) is 7.88. The van der Waals surface area contributed by atoms with Crippen molar-refractivity contribution in [3.63, 3.8) is 0 Å². The molecule has 1 aromatic rings. The average Bonchev–Trinajstić information content (AvgIpc) is 2.77. The van der Waals surface area contributed by atoms with Crippen LogP contribution in [0.25, 0.3) is 0 Å². The van der Waals surface area contributed by atoms with Gasteiger partial charge >= 0.3 is 6.03 Å². The number of hydrogen-bond acceptors (Lipinski definition) is 5. The Morgan fingerprint density at radius 1 is 1.16 bits per heavy atom. The van der Waals surface area contributed by atoms with Crippen LogP contribution in [-0.2, 0) is 14.3 Å². The fraction of sp³-hybridized carbons (Fsp3) is 0.652. The number of amides is 3. The van der Waals surface area contributed by atoms with E-state index in [0.717, 1.165) is 25.9 Å². The third-order valence-electron chi connectivity index (χ3n) is 6.43. The Labute approximate surface area is 193 Å². The van der Waals surface area contributed by atoms with E-state index >= 15 is 0 Å². The highest BCUT2D eigenvalue weighted by atomic mass is 35.5. The van der Waals surface area contributed by atoms with E-state index in [2.05, 4.69) is 5.32 Å². The van der Waals surface area contributed by atoms with Crippen LogP contribution in [0.15, 0.2) is 24.3 Å². The highest BCUT2D eigenvalue weighted by Gasteiger charge is 2.40. The van der Waals surface area contributed by atoms with E-state index < -0.39 is 6.10 Å². The van der Waals surface area contributed by atoms with Crippen molar-refractivity contribution in [2.75, 3.05) is 38.2 Å². The van der Waals surface area contributed by atoms with Crippen molar-refractivity contribution in [1.82, 2.24) is 9.80 Å². The zero-order valence-electron chi connectivity index (χ0n) is 18.2. The summed E-state index contributed by atoms with van der Waals surface area (Å²) in [5, 5.41) is 13.7. The summed E-state index contributed by atoms with van der Waals surface area (Å²) in [6.45, 7) is 2.21. The van der Waals surface area contributed by atoms with Crippen molar-refractivity contribution in [3.8, 4) is 0 Å². The second kappa shape index (κ2) is 10.8. The molecule has 0 aromatic heterocycles. The van der Waals surface area contributed by atoms with Gasteiger partial charge in [-0.15, -0.1) is 0 Å². The fourth-order valence-corrected chi connectivity index (χ4v) is 4.99. The Hall–Kier alpha value is -1.87. The number of ether oxygens (including phenoxy) is 2. The highest BCUT2D eigenvalue weighted by Crippen LogP contribution is 2.29. The molecular formula is C23H32ClN3O5. The zero-order valence-corrected chi connectivity index (χ0v) is 19.0. The lowest BCUT2D eigenvalue weighted by Crippen LogP contribution is -2.58. The number of carbonyl (C=O) groups excluding carboxylic acids is 2. The lowest BCUT2D eigenvalue weighted by Gasteiger charge is -2.44. The number of urea groups is 1. The number of piperidine rings is 1. The third-order valence-corrected chi connectivity index (χ3v) is 6.66. The van der Waals surface area contributed by atoms with E-state index in [4.69, 9.17) is 21.1 Å². The molecule has 0 aliphatic carbocycles. The van der Waals surface area contributed by atoms with Crippen LogP contribution >= 0.6 is 11.6 Å². The minimum Gasteiger partial charge on any atom is -0.389 e. The minimum atomic E-state index is -0.778. The van der Waals surface area contributed by atoms with Gasteiger partial charge in [-0.1, -0.05) is 17.7 Å². The number of benzene rings is 1. The van der Waals surface area contributed by atoms with Crippen LogP contribution in [0.1, 0.15) is 38.5 Å². The molecule has 3 saturated heterocycles. The molecule has 0 spiro atoms. The van der Waals surface area contributed by atoms with Gasteiger partial charge in [0.15, 0.2) is 0 Å². The monoisotopic (exact) mass is 465 g/mol. The normalized spacial score (nSPS) is 28.9. The predicted molar refractivity (Wildman–Crippen MR) is 121 cm³/mol. The first kappa shape index (κ1) is 23.3. The van der Waals surface area contributed by atoms with E-state index in [0.29, 0.717) is 30.0 Å². The first-order valence-corrected chi connectivity index (χ1v) is 11.9. The SMILES string of the molecule is O=C(C[C@H]1CC[C@@H]2[C@H](COC[C@@H](O)CN2C(=O)Nc2cccc(Cl)c2)O1)N1CCCCC1. The Morgan fingerprint density at radius 3 is 2.75 bits per heavy atom. The van der Waals surface area contributed by atoms with Crippen molar-refractivity contribution < 1.29 is 24.2 Å². The molecule has 1 aromatic carbocycles. The van der Waals surface area contributed by atoms with Gasteiger partial charge < -0.3 is 29.7 Å². The van der Waals surface area contributed by atoms with Gasteiger partial charge in [0.1, 0.15) is 6.10 Å².